The first kappa shape index (κ1) is 18.0. The maximum Gasteiger partial charge on any atom is 0.309 e. The number of ether oxygens (including phenoxy) is 1. The smallest absolute Gasteiger partial charge is 0.309 e. The minimum absolute atomic E-state index is 0.434. The van der Waals surface area contributed by atoms with Crippen LogP contribution in [0, 0.1) is 0 Å². The summed E-state index contributed by atoms with van der Waals surface area (Å²) in [6, 6.07) is 7.65. The first-order chi connectivity index (χ1) is 11.7. The highest BCUT2D eigenvalue weighted by Gasteiger charge is 2.12. The Kier molecular flexibility index (Phi) is 7.33. The van der Waals surface area contributed by atoms with Gasteiger partial charge in [0.1, 0.15) is 5.75 Å². The summed E-state index contributed by atoms with van der Waals surface area (Å²) in [6.45, 7) is 0.959. The van der Waals surface area contributed by atoms with Gasteiger partial charge < -0.3 is 15.4 Å². The molecule has 0 saturated carbocycles. The molecule has 0 unspecified atom stereocenters. The van der Waals surface area contributed by atoms with Gasteiger partial charge in [-0.25, -0.2) is 0 Å². The van der Waals surface area contributed by atoms with E-state index in [-0.39, 0.29) is 0 Å². The maximum absolute atomic E-state index is 11.8. The molecule has 2 amide bonds. The highest BCUT2D eigenvalue weighted by Crippen LogP contribution is 2.19. The van der Waals surface area contributed by atoms with Crippen molar-refractivity contribution in [3.05, 3.63) is 41.5 Å². The summed E-state index contributed by atoms with van der Waals surface area (Å²) in [4.78, 5) is 23.5. The Bertz CT molecular complexity index is 579. The van der Waals surface area contributed by atoms with Crippen molar-refractivity contribution in [3.8, 4) is 5.75 Å². The van der Waals surface area contributed by atoms with Crippen LogP contribution in [0.3, 0.4) is 0 Å². The lowest BCUT2D eigenvalue weighted by molar-refractivity contribution is -0.139. The Morgan fingerprint density at radius 2 is 1.67 bits per heavy atom. The van der Waals surface area contributed by atoms with Crippen molar-refractivity contribution in [2.75, 3.05) is 20.2 Å². The van der Waals surface area contributed by atoms with E-state index in [0.29, 0.717) is 19.5 Å². The number of carbonyl (C=O) groups is 2. The minimum atomic E-state index is -0.568. The van der Waals surface area contributed by atoms with E-state index in [9.17, 15) is 9.59 Å². The second kappa shape index (κ2) is 9.75. The van der Waals surface area contributed by atoms with E-state index in [1.165, 1.54) is 18.4 Å². The first-order valence-corrected chi connectivity index (χ1v) is 8.56. The minimum Gasteiger partial charge on any atom is -0.497 e. The Morgan fingerprint density at radius 3 is 2.25 bits per heavy atom. The Labute approximate surface area is 143 Å². The van der Waals surface area contributed by atoms with E-state index in [2.05, 4.69) is 16.7 Å². The Balaban J connectivity index is 1.62. The fourth-order valence-electron chi connectivity index (χ4n) is 2.74. The Morgan fingerprint density at radius 1 is 1.00 bits per heavy atom. The molecule has 5 nitrogen and oxygen atoms in total. The van der Waals surface area contributed by atoms with Gasteiger partial charge in [0.05, 0.1) is 7.11 Å². The highest BCUT2D eigenvalue weighted by molar-refractivity contribution is 6.35. The molecule has 2 rings (SSSR count). The molecule has 1 aliphatic carbocycles. The van der Waals surface area contributed by atoms with Crippen LogP contribution in [-0.2, 0) is 16.0 Å². The summed E-state index contributed by atoms with van der Waals surface area (Å²) in [6.07, 6.45) is 8.50. The second-order valence-corrected chi connectivity index (χ2v) is 5.97. The largest absolute Gasteiger partial charge is 0.497 e. The van der Waals surface area contributed by atoms with Crippen molar-refractivity contribution in [1.29, 1.82) is 0 Å². The summed E-state index contributed by atoms with van der Waals surface area (Å²) < 4.78 is 5.10. The van der Waals surface area contributed by atoms with Crippen molar-refractivity contribution in [3.63, 3.8) is 0 Å². The van der Waals surface area contributed by atoms with E-state index >= 15 is 0 Å². The molecule has 5 heteroatoms. The summed E-state index contributed by atoms with van der Waals surface area (Å²) >= 11 is 0. The van der Waals surface area contributed by atoms with E-state index in [1.807, 2.05) is 24.3 Å². The molecule has 130 valence electrons. The van der Waals surface area contributed by atoms with Crippen LogP contribution in [-0.4, -0.2) is 32.0 Å². The number of hydrogen-bond acceptors (Lipinski definition) is 3. The highest BCUT2D eigenvalue weighted by atomic mass is 16.5. The van der Waals surface area contributed by atoms with Gasteiger partial charge in [0.15, 0.2) is 0 Å². The summed E-state index contributed by atoms with van der Waals surface area (Å²) in [7, 11) is 1.62. The van der Waals surface area contributed by atoms with Gasteiger partial charge in [-0.05, 0) is 56.2 Å². The van der Waals surface area contributed by atoms with Crippen molar-refractivity contribution in [1.82, 2.24) is 10.6 Å². The van der Waals surface area contributed by atoms with Crippen LogP contribution in [0.1, 0.15) is 37.7 Å². The van der Waals surface area contributed by atoms with Crippen LogP contribution >= 0.6 is 0 Å². The standard InChI is InChI=1S/C19H26N2O3/c1-24-17-9-7-16(8-10-17)12-14-21-19(23)18(22)20-13-11-15-5-3-2-4-6-15/h5,7-10H,2-4,6,11-14H2,1H3,(H,20,22)(H,21,23). The Hall–Kier alpha value is -2.30. The molecule has 2 N–H and O–H groups in total. The van der Waals surface area contributed by atoms with Gasteiger partial charge in [-0.1, -0.05) is 23.8 Å². The molecule has 0 heterocycles. The van der Waals surface area contributed by atoms with Crippen LogP contribution in [0.5, 0.6) is 5.75 Å². The van der Waals surface area contributed by atoms with Crippen molar-refractivity contribution >= 4 is 11.8 Å². The zero-order valence-electron chi connectivity index (χ0n) is 14.3. The molecule has 0 saturated heterocycles. The van der Waals surface area contributed by atoms with Gasteiger partial charge in [-0.3, -0.25) is 9.59 Å². The maximum atomic E-state index is 11.8. The monoisotopic (exact) mass is 330 g/mol. The number of amides is 2. The van der Waals surface area contributed by atoms with Crippen LogP contribution in [0.4, 0.5) is 0 Å². The van der Waals surface area contributed by atoms with E-state index in [0.717, 1.165) is 30.6 Å². The number of benzene rings is 1. The lowest BCUT2D eigenvalue weighted by atomic mass is 9.97. The normalized spacial score (nSPS) is 13.8. The van der Waals surface area contributed by atoms with E-state index in [1.54, 1.807) is 7.11 Å². The third kappa shape index (κ3) is 6.07. The lowest BCUT2D eigenvalue weighted by Gasteiger charge is -2.12. The molecule has 24 heavy (non-hydrogen) atoms. The average molecular weight is 330 g/mol. The van der Waals surface area contributed by atoms with Crippen molar-refractivity contribution in [2.45, 2.75) is 38.5 Å². The molecule has 0 radical (unpaired) electrons. The lowest BCUT2D eigenvalue weighted by Crippen LogP contribution is -2.41. The SMILES string of the molecule is COc1ccc(CCNC(=O)C(=O)NCCC2=CCCCC2)cc1. The number of hydrogen-bond donors (Lipinski definition) is 2. The topological polar surface area (TPSA) is 67.4 Å². The number of nitrogens with one attached hydrogen (secondary N) is 2. The molecular weight excluding hydrogens is 304 g/mol. The predicted molar refractivity (Wildman–Crippen MR) is 93.9 cm³/mol. The van der Waals surface area contributed by atoms with Gasteiger partial charge in [0, 0.05) is 13.1 Å². The zero-order valence-corrected chi connectivity index (χ0v) is 14.3. The molecule has 0 aromatic heterocycles. The molecule has 0 atom stereocenters. The summed E-state index contributed by atoms with van der Waals surface area (Å²) in [5.74, 6) is -0.322. The summed E-state index contributed by atoms with van der Waals surface area (Å²) in [5.41, 5.74) is 2.47. The number of methoxy groups -OCH3 is 1. The fourth-order valence-corrected chi connectivity index (χ4v) is 2.74. The van der Waals surface area contributed by atoms with Crippen LogP contribution < -0.4 is 15.4 Å². The molecular formula is C19H26N2O3. The predicted octanol–water partition coefficient (Wildman–Crippen LogP) is 2.36. The van der Waals surface area contributed by atoms with Crippen molar-refractivity contribution < 1.29 is 14.3 Å². The molecule has 1 aromatic rings. The molecule has 0 spiro atoms. The second-order valence-electron chi connectivity index (χ2n) is 5.97. The van der Waals surface area contributed by atoms with Gasteiger partial charge in [-0.15, -0.1) is 0 Å². The van der Waals surface area contributed by atoms with Crippen LogP contribution in [0.25, 0.3) is 0 Å². The third-order valence-corrected chi connectivity index (χ3v) is 4.18. The third-order valence-electron chi connectivity index (χ3n) is 4.18. The zero-order chi connectivity index (χ0) is 17.2. The molecule has 1 aromatic carbocycles. The average Bonchev–Trinajstić information content (AvgIpc) is 2.63. The number of allylic oxidation sites excluding steroid dienone is 1. The van der Waals surface area contributed by atoms with Gasteiger partial charge in [0.25, 0.3) is 0 Å². The summed E-state index contributed by atoms with van der Waals surface area (Å²) in [5, 5.41) is 5.34. The fraction of sp³-hybridized carbons (Fsp3) is 0.474. The van der Waals surface area contributed by atoms with Crippen LogP contribution in [0.15, 0.2) is 35.9 Å². The van der Waals surface area contributed by atoms with E-state index < -0.39 is 11.8 Å². The molecule has 1 aliphatic rings. The number of carbonyl (C=O) groups excluding carboxylic acids is 2. The van der Waals surface area contributed by atoms with Gasteiger partial charge in [-0.2, -0.15) is 0 Å². The molecule has 0 aliphatic heterocycles. The van der Waals surface area contributed by atoms with Gasteiger partial charge in [0.2, 0.25) is 0 Å². The van der Waals surface area contributed by atoms with Gasteiger partial charge >= 0.3 is 11.8 Å². The van der Waals surface area contributed by atoms with Crippen LogP contribution in [0.2, 0.25) is 0 Å². The molecule has 0 fully saturated rings. The van der Waals surface area contributed by atoms with Crippen molar-refractivity contribution in [2.24, 2.45) is 0 Å². The quantitative estimate of drug-likeness (QED) is 0.596. The number of rotatable bonds is 7. The first-order valence-electron chi connectivity index (χ1n) is 8.56. The van der Waals surface area contributed by atoms with E-state index in [4.69, 9.17) is 4.74 Å². The molecule has 0 bridgehead atoms.